The van der Waals surface area contributed by atoms with Crippen LogP contribution in [-0.2, 0) is 36.1 Å². The van der Waals surface area contributed by atoms with Crippen LogP contribution in [0.25, 0.3) is 11.1 Å². The van der Waals surface area contributed by atoms with Crippen molar-refractivity contribution in [2.45, 2.75) is 25.5 Å². The van der Waals surface area contributed by atoms with Gasteiger partial charge in [-0.25, -0.2) is 18.9 Å². The Morgan fingerprint density at radius 3 is 2.15 bits per heavy atom. The molecule has 1 amide bonds. The molecule has 0 bridgehead atoms. The van der Waals surface area contributed by atoms with Gasteiger partial charge in [0.1, 0.15) is 11.9 Å². The first-order chi connectivity index (χ1) is 22.3. The second-order valence-electron chi connectivity index (χ2n) is 10.7. The van der Waals surface area contributed by atoms with E-state index in [2.05, 4.69) is 15.3 Å². The van der Waals surface area contributed by atoms with E-state index >= 15 is 4.39 Å². The number of carbonyl (C=O) groups is 1. The Labute approximate surface area is 265 Å². The van der Waals surface area contributed by atoms with E-state index in [4.69, 9.17) is 18.3 Å². The van der Waals surface area contributed by atoms with E-state index in [1.807, 2.05) is 72.7 Å². The minimum atomic E-state index is -4.07. The third-order valence-electron chi connectivity index (χ3n) is 7.48. The monoisotopic (exact) mass is 646 g/mol. The molecule has 12 nitrogen and oxygen atoms in total. The van der Waals surface area contributed by atoms with E-state index in [-0.39, 0.29) is 32.5 Å². The van der Waals surface area contributed by atoms with Crippen molar-refractivity contribution in [2.24, 2.45) is 10.3 Å². The molecule has 0 spiro atoms. The number of nitrogens with zero attached hydrogens (tertiary/aromatic N) is 6. The van der Waals surface area contributed by atoms with Crippen molar-refractivity contribution in [3.63, 3.8) is 0 Å². The smallest absolute Gasteiger partial charge is 0.441 e. The number of aromatic nitrogens is 1. The predicted octanol–water partition coefficient (Wildman–Crippen LogP) is 6.93. The van der Waals surface area contributed by atoms with Crippen molar-refractivity contribution in [1.29, 1.82) is 0 Å². The molecule has 3 aromatic carbocycles. The lowest BCUT2D eigenvalue weighted by molar-refractivity contribution is 0.0298. The highest BCUT2D eigenvalue weighted by Crippen LogP contribution is 2.51. The van der Waals surface area contributed by atoms with Crippen molar-refractivity contribution in [1.82, 2.24) is 15.1 Å². The Bertz CT molecular complexity index is 1690. The van der Waals surface area contributed by atoms with Gasteiger partial charge in [0, 0.05) is 31.4 Å². The van der Waals surface area contributed by atoms with Crippen LogP contribution in [0.15, 0.2) is 108 Å². The zero-order valence-corrected chi connectivity index (χ0v) is 26.1. The van der Waals surface area contributed by atoms with Gasteiger partial charge in [-0.05, 0) is 35.4 Å². The number of phosphoric ester groups is 1. The number of pyridine rings is 1. The Morgan fingerprint density at radius 1 is 0.913 bits per heavy atom. The van der Waals surface area contributed by atoms with Crippen LogP contribution in [-0.4, -0.2) is 54.6 Å². The number of hydrogen-bond donors (Lipinski definition) is 0. The molecule has 0 saturated carbocycles. The van der Waals surface area contributed by atoms with Crippen LogP contribution in [0.5, 0.6) is 0 Å². The molecule has 0 aliphatic carbocycles. The van der Waals surface area contributed by atoms with Gasteiger partial charge in [0.25, 0.3) is 0 Å². The van der Waals surface area contributed by atoms with Crippen molar-refractivity contribution < 1.29 is 32.1 Å². The summed E-state index contributed by atoms with van der Waals surface area (Å²) >= 11 is 0. The van der Waals surface area contributed by atoms with Gasteiger partial charge in [0.05, 0.1) is 37.7 Å². The highest BCUT2D eigenvalue weighted by Gasteiger charge is 2.36. The lowest BCUT2D eigenvalue weighted by Crippen LogP contribution is -2.30. The summed E-state index contributed by atoms with van der Waals surface area (Å²) in [7, 11) is -0.448. The normalized spacial score (nSPS) is 18.4. The fourth-order valence-corrected chi connectivity index (χ4v) is 6.04. The maximum Gasteiger partial charge on any atom is 0.475 e. The molecule has 46 heavy (non-hydrogen) atoms. The average molecular weight is 647 g/mol. The third-order valence-corrected chi connectivity index (χ3v) is 8.84. The van der Waals surface area contributed by atoms with Crippen molar-refractivity contribution >= 4 is 19.6 Å². The van der Waals surface area contributed by atoms with Crippen LogP contribution in [0.4, 0.5) is 14.9 Å². The average Bonchev–Trinajstić information content (AvgIpc) is 3.63. The number of amides is 1. The quantitative estimate of drug-likeness (QED) is 0.151. The van der Waals surface area contributed by atoms with Crippen LogP contribution in [0.2, 0.25) is 0 Å². The van der Waals surface area contributed by atoms with Crippen LogP contribution in [0, 0.1) is 5.82 Å². The molecule has 14 heteroatoms. The number of ether oxygens (including phenoxy) is 1. The van der Waals surface area contributed by atoms with Gasteiger partial charge in [-0.1, -0.05) is 72.0 Å². The van der Waals surface area contributed by atoms with Crippen molar-refractivity contribution in [3.8, 4) is 11.1 Å². The molecule has 0 radical (unpaired) electrons. The molecule has 2 aliphatic heterocycles. The number of phosphoric acid groups is 1. The summed E-state index contributed by atoms with van der Waals surface area (Å²) in [4.78, 5) is 18.5. The molecule has 1 saturated heterocycles. The summed E-state index contributed by atoms with van der Waals surface area (Å²) in [5.74, 6) is -0.537. The molecule has 4 aromatic rings. The fourth-order valence-electron chi connectivity index (χ4n) is 4.85. The minimum absolute atomic E-state index is 0.00647. The number of cyclic esters (lactones) is 1. The lowest BCUT2D eigenvalue weighted by Gasteiger charge is -2.21. The van der Waals surface area contributed by atoms with E-state index in [1.54, 1.807) is 42.6 Å². The van der Waals surface area contributed by atoms with Gasteiger partial charge in [-0.15, -0.1) is 5.11 Å². The molecular weight excluding hydrogens is 614 g/mol. The van der Waals surface area contributed by atoms with Crippen LogP contribution < -0.4 is 4.90 Å². The first kappa shape index (κ1) is 31.5. The maximum absolute atomic E-state index is 15.3. The van der Waals surface area contributed by atoms with Gasteiger partial charge < -0.3 is 4.74 Å². The van der Waals surface area contributed by atoms with Gasteiger partial charge in [-0.3, -0.25) is 23.5 Å². The summed E-state index contributed by atoms with van der Waals surface area (Å²) in [6.45, 7) is -0.225. The Balaban J connectivity index is 1.09. The van der Waals surface area contributed by atoms with E-state index in [1.165, 1.54) is 11.0 Å². The standard InChI is InChI=1S/C32H32FN6O6P/c1-37-31(35-36-38(37)2)30-16-13-25(18-34-30)28-15-14-26(17-29(28)33)39-19-27(45-32(39)40)22-44-46(41,42-20-23-9-5-3-6-10-23)43-21-24-11-7-4-8-12-24/h3-18,27,31H,19-22H2,1-2H3/t27-,31?/m1/s1. The summed E-state index contributed by atoms with van der Waals surface area (Å²) < 4.78 is 51.3. The Morgan fingerprint density at radius 2 is 1.59 bits per heavy atom. The van der Waals surface area contributed by atoms with E-state index < -0.39 is 25.8 Å². The molecule has 0 N–H and O–H groups in total. The van der Waals surface area contributed by atoms with E-state index in [9.17, 15) is 9.36 Å². The number of hydrazine groups is 1. The Hall–Kier alpha value is -4.52. The van der Waals surface area contributed by atoms with E-state index in [0.717, 1.165) is 11.1 Å². The molecule has 3 heterocycles. The second kappa shape index (κ2) is 13.9. The van der Waals surface area contributed by atoms with Crippen LogP contribution in [0.1, 0.15) is 23.0 Å². The molecule has 1 unspecified atom stereocenters. The highest BCUT2D eigenvalue weighted by molar-refractivity contribution is 7.48. The van der Waals surface area contributed by atoms with Gasteiger partial charge in [0.2, 0.25) is 0 Å². The zero-order chi connectivity index (χ0) is 32.1. The first-order valence-corrected chi connectivity index (χ1v) is 16.0. The van der Waals surface area contributed by atoms with Gasteiger partial charge >= 0.3 is 13.9 Å². The summed E-state index contributed by atoms with van der Waals surface area (Å²) in [5.41, 5.74) is 3.43. The Kier molecular flexibility index (Phi) is 9.48. The zero-order valence-electron chi connectivity index (χ0n) is 25.2. The number of anilines is 1. The highest BCUT2D eigenvalue weighted by atomic mass is 31.2. The van der Waals surface area contributed by atoms with Crippen LogP contribution >= 0.6 is 7.82 Å². The molecule has 1 fully saturated rings. The summed E-state index contributed by atoms with van der Waals surface area (Å²) in [6, 6.07) is 26.4. The number of benzene rings is 3. The molecule has 2 aliphatic rings. The molecular formula is C32H32FN6O6P. The number of rotatable bonds is 12. The predicted molar refractivity (Wildman–Crippen MR) is 166 cm³/mol. The largest absolute Gasteiger partial charge is 0.475 e. The minimum Gasteiger partial charge on any atom is -0.441 e. The second-order valence-corrected chi connectivity index (χ2v) is 12.3. The third kappa shape index (κ3) is 7.30. The van der Waals surface area contributed by atoms with Gasteiger partial charge in [-0.2, -0.15) is 5.01 Å². The summed E-state index contributed by atoms with van der Waals surface area (Å²) in [6.07, 6.45) is -0.267. The number of carbonyl (C=O) groups excluding carboxylic acids is 1. The van der Waals surface area contributed by atoms with Crippen LogP contribution in [0.3, 0.4) is 0 Å². The van der Waals surface area contributed by atoms with Crippen molar-refractivity contribution in [3.05, 3.63) is 120 Å². The number of halogens is 1. The molecule has 2 atom stereocenters. The number of hydrogen-bond acceptors (Lipinski definition) is 11. The summed E-state index contributed by atoms with van der Waals surface area (Å²) in [5, 5.41) is 11.6. The van der Waals surface area contributed by atoms with Gasteiger partial charge in [0.15, 0.2) is 6.17 Å². The molecule has 6 rings (SSSR count). The maximum atomic E-state index is 15.3. The fraction of sp³-hybridized carbons (Fsp3) is 0.250. The topological polar surface area (TPSA) is 118 Å². The van der Waals surface area contributed by atoms with E-state index in [0.29, 0.717) is 22.5 Å². The SMILES string of the molecule is CN1N=NC(c2ccc(-c3ccc(N4C[C@H](COP(=O)(OCc5ccccc5)OCc5ccccc5)OC4=O)cc3F)cn2)N1C. The lowest BCUT2D eigenvalue weighted by atomic mass is 10.1. The van der Waals surface area contributed by atoms with Crippen molar-refractivity contribution in [2.75, 3.05) is 32.1 Å². The molecule has 1 aromatic heterocycles. The molecule has 238 valence electrons. The first-order valence-electron chi connectivity index (χ1n) is 14.5.